The zero-order chi connectivity index (χ0) is 12.7. The fourth-order valence-corrected chi connectivity index (χ4v) is 1.42. The Morgan fingerprint density at radius 1 is 1.41 bits per heavy atom. The van der Waals surface area contributed by atoms with Gasteiger partial charge < -0.3 is 26.5 Å². The van der Waals surface area contributed by atoms with E-state index in [4.69, 9.17) is 21.2 Å². The lowest BCUT2D eigenvalue weighted by Crippen LogP contribution is -2.29. The van der Waals surface area contributed by atoms with Crippen LogP contribution in [0, 0.1) is 0 Å². The molecule has 0 fully saturated rings. The normalized spacial score (nSPS) is 13.6. The van der Waals surface area contributed by atoms with Gasteiger partial charge in [0.2, 0.25) is 0 Å². The molecule has 94 valence electrons. The summed E-state index contributed by atoms with van der Waals surface area (Å²) in [6.45, 7) is 0.458. The van der Waals surface area contributed by atoms with Gasteiger partial charge in [-0.1, -0.05) is 29.4 Å². The second-order valence-electron chi connectivity index (χ2n) is 3.61. The van der Waals surface area contributed by atoms with Crippen LogP contribution in [0.4, 0.5) is 0 Å². The van der Waals surface area contributed by atoms with Crippen LogP contribution >= 0.6 is 0 Å². The monoisotopic (exact) mass is 239 g/mol. The number of rotatable bonds is 6. The largest absolute Gasteiger partial charge is 0.409 e. The van der Waals surface area contributed by atoms with E-state index in [-0.39, 0.29) is 19.0 Å². The summed E-state index contributed by atoms with van der Waals surface area (Å²) in [6, 6.07) is 7.22. The number of aliphatic hydroxyl groups is 2. The van der Waals surface area contributed by atoms with Crippen molar-refractivity contribution in [1.29, 1.82) is 0 Å². The molecule has 0 bridgehead atoms. The Bertz CT molecular complexity index is 382. The third-order valence-electron chi connectivity index (χ3n) is 2.31. The summed E-state index contributed by atoms with van der Waals surface area (Å²) >= 11 is 0. The van der Waals surface area contributed by atoms with Gasteiger partial charge in [0, 0.05) is 18.7 Å². The molecule has 0 amide bonds. The van der Waals surface area contributed by atoms with Crippen LogP contribution < -0.4 is 11.1 Å². The number of aliphatic hydroxyl groups excluding tert-OH is 2. The fraction of sp³-hybridized carbons (Fsp3) is 0.364. The molecule has 1 rings (SSSR count). The molecular weight excluding hydrogens is 222 g/mol. The SMILES string of the molecule is NC(=NO)c1ccccc1CNCC(O)CO. The van der Waals surface area contributed by atoms with Crippen molar-refractivity contribution in [3.8, 4) is 0 Å². The molecule has 1 aromatic carbocycles. The number of nitrogens with one attached hydrogen (secondary N) is 1. The van der Waals surface area contributed by atoms with E-state index in [1.54, 1.807) is 12.1 Å². The van der Waals surface area contributed by atoms with Gasteiger partial charge in [0.1, 0.15) is 0 Å². The van der Waals surface area contributed by atoms with Gasteiger partial charge in [0.25, 0.3) is 0 Å². The van der Waals surface area contributed by atoms with Gasteiger partial charge in [-0.15, -0.1) is 0 Å². The Balaban J connectivity index is 2.64. The lowest BCUT2D eigenvalue weighted by Gasteiger charge is -2.11. The van der Waals surface area contributed by atoms with Crippen molar-refractivity contribution in [2.75, 3.05) is 13.2 Å². The molecule has 0 saturated heterocycles. The van der Waals surface area contributed by atoms with Crippen LogP contribution in [0.5, 0.6) is 0 Å². The van der Waals surface area contributed by atoms with E-state index in [0.717, 1.165) is 5.56 Å². The van der Waals surface area contributed by atoms with Crippen molar-refractivity contribution in [2.24, 2.45) is 10.9 Å². The first-order valence-corrected chi connectivity index (χ1v) is 5.24. The standard InChI is InChI=1S/C11H17N3O3/c12-11(14-17)10-4-2-1-3-8(10)5-13-6-9(16)7-15/h1-4,9,13,15-17H,5-7H2,(H2,12,14). The van der Waals surface area contributed by atoms with Gasteiger partial charge in [-0.25, -0.2) is 0 Å². The molecule has 1 aromatic rings. The summed E-state index contributed by atoms with van der Waals surface area (Å²) in [7, 11) is 0. The van der Waals surface area contributed by atoms with Gasteiger partial charge >= 0.3 is 0 Å². The van der Waals surface area contributed by atoms with Crippen LogP contribution in [0.3, 0.4) is 0 Å². The maximum atomic E-state index is 9.16. The average molecular weight is 239 g/mol. The molecule has 17 heavy (non-hydrogen) atoms. The quantitative estimate of drug-likeness (QED) is 0.194. The molecular formula is C11H17N3O3. The smallest absolute Gasteiger partial charge is 0.170 e. The van der Waals surface area contributed by atoms with E-state index < -0.39 is 6.10 Å². The molecule has 0 aliphatic carbocycles. The van der Waals surface area contributed by atoms with Crippen LogP contribution in [0.2, 0.25) is 0 Å². The first-order chi connectivity index (χ1) is 8.19. The fourth-order valence-electron chi connectivity index (χ4n) is 1.42. The van der Waals surface area contributed by atoms with Gasteiger partial charge in [-0.05, 0) is 5.56 Å². The Morgan fingerprint density at radius 2 is 2.12 bits per heavy atom. The van der Waals surface area contributed by atoms with Crippen LogP contribution in [0.25, 0.3) is 0 Å². The van der Waals surface area contributed by atoms with E-state index in [9.17, 15) is 0 Å². The summed E-state index contributed by atoms with van der Waals surface area (Å²) in [6.07, 6.45) is -0.786. The molecule has 6 N–H and O–H groups in total. The Labute approximate surface area is 99.4 Å². The van der Waals surface area contributed by atoms with Gasteiger partial charge in [0.05, 0.1) is 12.7 Å². The highest BCUT2D eigenvalue weighted by Crippen LogP contribution is 2.08. The minimum Gasteiger partial charge on any atom is -0.409 e. The van der Waals surface area contributed by atoms with Crippen LogP contribution in [0.15, 0.2) is 29.4 Å². The van der Waals surface area contributed by atoms with E-state index in [2.05, 4.69) is 10.5 Å². The topological polar surface area (TPSA) is 111 Å². The van der Waals surface area contributed by atoms with Crippen molar-refractivity contribution in [1.82, 2.24) is 5.32 Å². The second-order valence-corrected chi connectivity index (χ2v) is 3.61. The van der Waals surface area contributed by atoms with Gasteiger partial charge in [0.15, 0.2) is 5.84 Å². The lowest BCUT2D eigenvalue weighted by molar-refractivity contribution is 0.0942. The van der Waals surface area contributed by atoms with E-state index in [1.807, 2.05) is 12.1 Å². The molecule has 0 aromatic heterocycles. The predicted molar refractivity (Wildman–Crippen MR) is 63.8 cm³/mol. The van der Waals surface area contributed by atoms with Crippen molar-refractivity contribution in [3.63, 3.8) is 0 Å². The Morgan fingerprint density at radius 3 is 2.76 bits per heavy atom. The summed E-state index contributed by atoms with van der Waals surface area (Å²) in [4.78, 5) is 0. The molecule has 1 unspecified atom stereocenters. The number of oxime groups is 1. The summed E-state index contributed by atoms with van der Waals surface area (Å²) in [5.74, 6) is 0.0464. The van der Waals surface area contributed by atoms with E-state index in [1.165, 1.54) is 0 Å². The van der Waals surface area contributed by atoms with Gasteiger partial charge in [-0.2, -0.15) is 0 Å². The zero-order valence-electron chi connectivity index (χ0n) is 9.37. The first kappa shape index (κ1) is 13.4. The second kappa shape index (κ2) is 6.85. The van der Waals surface area contributed by atoms with Gasteiger partial charge in [-0.3, -0.25) is 0 Å². The molecule has 0 aliphatic heterocycles. The highest BCUT2D eigenvalue weighted by molar-refractivity contribution is 5.98. The lowest BCUT2D eigenvalue weighted by atomic mass is 10.1. The summed E-state index contributed by atoms with van der Waals surface area (Å²) in [5.41, 5.74) is 7.03. The maximum Gasteiger partial charge on any atom is 0.170 e. The predicted octanol–water partition coefficient (Wildman–Crippen LogP) is -0.776. The molecule has 0 spiro atoms. The molecule has 0 aliphatic rings. The van der Waals surface area contributed by atoms with Crippen molar-refractivity contribution in [3.05, 3.63) is 35.4 Å². The number of nitrogens with zero attached hydrogens (tertiary/aromatic N) is 1. The number of hydrogen-bond acceptors (Lipinski definition) is 5. The number of hydrogen-bond donors (Lipinski definition) is 5. The third-order valence-corrected chi connectivity index (χ3v) is 2.31. The van der Waals surface area contributed by atoms with Crippen molar-refractivity contribution < 1.29 is 15.4 Å². The van der Waals surface area contributed by atoms with Crippen molar-refractivity contribution in [2.45, 2.75) is 12.6 Å². The first-order valence-electron chi connectivity index (χ1n) is 5.24. The summed E-state index contributed by atoms with van der Waals surface area (Å²) in [5, 5.41) is 32.4. The molecule has 1 atom stereocenters. The third kappa shape index (κ3) is 4.03. The maximum absolute atomic E-state index is 9.16. The Hall–Kier alpha value is -1.63. The minimum atomic E-state index is -0.786. The Kier molecular flexibility index (Phi) is 5.41. The van der Waals surface area contributed by atoms with Crippen LogP contribution in [0.1, 0.15) is 11.1 Å². The average Bonchev–Trinajstić information content (AvgIpc) is 2.38. The van der Waals surface area contributed by atoms with E-state index in [0.29, 0.717) is 12.1 Å². The summed E-state index contributed by atoms with van der Waals surface area (Å²) < 4.78 is 0. The van der Waals surface area contributed by atoms with Crippen LogP contribution in [-0.2, 0) is 6.54 Å². The van der Waals surface area contributed by atoms with Crippen molar-refractivity contribution >= 4 is 5.84 Å². The number of benzene rings is 1. The van der Waals surface area contributed by atoms with E-state index >= 15 is 0 Å². The minimum absolute atomic E-state index is 0.0464. The highest BCUT2D eigenvalue weighted by atomic mass is 16.4. The molecule has 0 radical (unpaired) electrons. The molecule has 6 heteroatoms. The molecule has 6 nitrogen and oxygen atoms in total. The molecule has 0 heterocycles. The van der Waals surface area contributed by atoms with Crippen LogP contribution in [-0.4, -0.2) is 40.5 Å². The number of nitrogens with two attached hydrogens (primary N) is 1. The number of amidine groups is 1. The zero-order valence-corrected chi connectivity index (χ0v) is 9.37. The highest BCUT2D eigenvalue weighted by Gasteiger charge is 2.06. The molecule has 0 saturated carbocycles.